The van der Waals surface area contributed by atoms with Crippen molar-refractivity contribution in [3.63, 3.8) is 0 Å². The van der Waals surface area contributed by atoms with Gasteiger partial charge in [-0.05, 0) is 44.9 Å². The number of fused-ring (bicyclic) bond motifs is 2. The maximum atomic E-state index is 4.65. The highest BCUT2D eigenvalue weighted by molar-refractivity contribution is 5.84. The van der Waals surface area contributed by atoms with E-state index in [4.69, 9.17) is 0 Å². The van der Waals surface area contributed by atoms with Gasteiger partial charge in [0.15, 0.2) is 5.65 Å². The van der Waals surface area contributed by atoms with Gasteiger partial charge in [-0.3, -0.25) is 4.98 Å². The Bertz CT molecular complexity index is 1110. The van der Waals surface area contributed by atoms with Crippen molar-refractivity contribution in [3.05, 3.63) is 43.1 Å². The SMILES string of the molecule is CN[C@H]1CC[C@H](Nc2ncc3c(-c4cnc5nccnc5c4)ccn3n2)CC1. The Morgan fingerprint density at radius 2 is 1.79 bits per heavy atom. The quantitative estimate of drug-likeness (QED) is 0.567. The Morgan fingerprint density at radius 1 is 0.964 bits per heavy atom. The van der Waals surface area contributed by atoms with Crippen molar-refractivity contribution in [1.82, 2.24) is 34.9 Å². The lowest BCUT2D eigenvalue weighted by atomic mass is 9.91. The molecule has 1 fully saturated rings. The number of hydrogen-bond donors (Lipinski definition) is 2. The van der Waals surface area contributed by atoms with Crippen LogP contribution in [0.2, 0.25) is 0 Å². The topological polar surface area (TPSA) is 92.9 Å². The monoisotopic (exact) mass is 374 g/mol. The van der Waals surface area contributed by atoms with Crippen LogP contribution in [0.4, 0.5) is 5.95 Å². The first-order chi connectivity index (χ1) is 13.8. The van der Waals surface area contributed by atoms with Crippen LogP contribution in [0.3, 0.4) is 0 Å². The summed E-state index contributed by atoms with van der Waals surface area (Å²) in [6, 6.07) is 5.09. The minimum atomic E-state index is 0.431. The first-order valence-corrected chi connectivity index (χ1v) is 9.65. The first kappa shape index (κ1) is 17.0. The maximum absolute atomic E-state index is 4.65. The van der Waals surface area contributed by atoms with Crippen molar-refractivity contribution in [3.8, 4) is 11.1 Å². The van der Waals surface area contributed by atoms with Crippen LogP contribution in [0.25, 0.3) is 27.8 Å². The van der Waals surface area contributed by atoms with Crippen molar-refractivity contribution in [2.75, 3.05) is 12.4 Å². The summed E-state index contributed by atoms with van der Waals surface area (Å²) in [6.45, 7) is 0. The van der Waals surface area contributed by atoms with Crippen LogP contribution < -0.4 is 10.6 Å². The smallest absolute Gasteiger partial charge is 0.241 e. The third-order valence-corrected chi connectivity index (χ3v) is 5.52. The summed E-state index contributed by atoms with van der Waals surface area (Å²) < 4.78 is 1.87. The molecule has 28 heavy (non-hydrogen) atoms. The van der Waals surface area contributed by atoms with Crippen LogP contribution >= 0.6 is 0 Å². The Balaban J connectivity index is 1.40. The maximum Gasteiger partial charge on any atom is 0.241 e. The van der Waals surface area contributed by atoms with E-state index in [-0.39, 0.29) is 0 Å². The van der Waals surface area contributed by atoms with Crippen LogP contribution in [-0.2, 0) is 0 Å². The number of nitrogens with zero attached hydrogens (tertiary/aromatic N) is 6. The summed E-state index contributed by atoms with van der Waals surface area (Å²) in [7, 11) is 2.04. The van der Waals surface area contributed by atoms with Crippen molar-refractivity contribution >= 4 is 22.6 Å². The van der Waals surface area contributed by atoms with Gasteiger partial charge < -0.3 is 10.6 Å². The number of rotatable bonds is 4. The summed E-state index contributed by atoms with van der Waals surface area (Å²) in [4.78, 5) is 17.5. The highest BCUT2D eigenvalue weighted by Gasteiger charge is 2.20. The van der Waals surface area contributed by atoms with E-state index in [1.807, 2.05) is 42.3 Å². The van der Waals surface area contributed by atoms with Gasteiger partial charge >= 0.3 is 0 Å². The van der Waals surface area contributed by atoms with E-state index in [0.717, 1.165) is 35.0 Å². The lowest BCUT2D eigenvalue weighted by Gasteiger charge is -2.28. The minimum Gasteiger partial charge on any atom is -0.350 e. The molecule has 0 aromatic carbocycles. The average Bonchev–Trinajstić information content (AvgIpc) is 3.17. The zero-order valence-electron chi connectivity index (χ0n) is 15.7. The van der Waals surface area contributed by atoms with Gasteiger partial charge in [0.05, 0.1) is 11.7 Å². The molecule has 0 saturated heterocycles. The van der Waals surface area contributed by atoms with Gasteiger partial charge in [0.2, 0.25) is 5.95 Å². The molecule has 0 amide bonds. The molecule has 4 heterocycles. The summed E-state index contributed by atoms with van der Waals surface area (Å²) in [5, 5.41) is 11.5. The molecule has 8 heteroatoms. The molecule has 5 rings (SSSR count). The fourth-order valence-electron chi connectivity index (χ4n) is 3.92. The van der Waals surface area contributed by atoms with E-state index in [9.17, 15) is 0 Å². The molecule has 8 nitrogen and oxygen atoms in total. The van der Waals surface area contributed by atoms with Gasteiger partial charge in [-0.15, -0.1) is 5.10 Å². The van der Waals surface area contributed by atoms with E-state index >= 15 is 0 Å². The molecule has 4 aromatic heterocycles. The number of pyridine rings is 1. The molecule has 1 aliphatic rings. The lowest BCUT2D eigenvalue weighted by molar-refractivity contribution is 0.370. The van der Waals surface area contributed by atoms with Crippen molar-refractivity contribution in [2.45, 2.75) is 37.8 Å². The zero-order valence-corrected chi connectivity index (χ0v) is 15.7. The molecule has 0 atom stereocenters. The Labute approximate surface area is 162 Å². The zero-order chi connectivity index (χ0) is 18.9. The van der Waals surface area contributed by atoms with Gasteiger partial charge in [-0.1, -0.05) is 0 Å². The van der Waals surface area contributed by atoms with E-state index < -0.39 is 0 Å². The first-order valence-electron chi connectivity index (χ1n) is 9.65. The summed E-state index contributed by atoms with van der Waals surface area (Å²) in [5.41, 5.74) is 4.36. The minimum absolute atomic E-state index is 0.431. The van der Waals surface area contributed by atoms with Crippen LogP contribution in [-0.4, -0.2) is 48.7 Å². The van der Waals surface area contributed by atoms with Crippen molar-refractivity contribution in [1.29, 1.82) is 0 Å². The normalized spacial score (nSPS) is 19.9. The van der Waals surface area contributed by atoms with Gasteiger partial charge in [-0.25, -0.2) is 19.5 Å². The fraction of sp³-hybridized carbons (Fsp3) is 0.350. The molecule has 0 spiro atoms. The third-order valence-electron chi connectivity index (χ3n) is 5.52. The van der Waals surface area contributed by atoms with E-state index in [0.29, 0.717) is 23.7 Å². The Hall–Kier alpha value is -3.13. The molecule has 4 aromatic rings. The highest BCUT2D eigenvalue weighted by atomic mass is 15.3. The van der Waals surface area contributed by atoms with Gasteiger partial charge in [0, 0.05) is 48.0 Å². The molecular weight excluding hydrogens is 352 g/mol. The summed E-state index contributed by atoms with van der Waals surface area (Å²) in [5.74, 6) is 0.671. The fourth-order valence-corrected chi connectivity index (χ4v) is 3.92. The predicted molar refractivity (Wildman–Crippen MR) is 108 cm³/mol. The van der Waals surface area contributed by atoms with Crippen molar-refractivity contribution in [2.24, 2.45) is 0 Å². The van der Waals surface area contributed by atoms with E-state index in [2.05, 4.69) is 35.7 Å². The number of nitrogens with one attached hydrogen (secondary N) is 2. The highest BCUT2D eigenvalue weighted by Crippen LogP contribution is 2.27. The Kier molecular flexibility index (Phi) is 4.32. The van der Waals surface area contributed by atoms with Crippen LogP contribution in [0.1, 0.15) is 25.7 Å². The largest absolute Gasteiger partial charge is 0.350 e. The van der Waals surface area contributed by atoms with Gasteiger partial charge in [-0.2, -0.15) is 0 Å². The second-order valence-electron chi connectivity index (χ2n) is 7.25. The van der Waals surface area contributed by atoms with Crippen molar-refractivity contribution < 1.29 is 0 Å². The van der Waals surface area contributed by atoms with Crippen LogP contribution in [0, 0.1) is 0 Å². The molecule has 0 radical (unpaired) electrons. The number of aromatic nitrogens is 6. The Morgan fingerprint density at radius 3 is 2.64 bits per heavy atom. The van der Waals surface area contributed by atoms with Gasteiger partial charge in [0.25, 0.3) is 0 Å². The molecule has 1 saturated carbocycles. The second kappa shape index (κ2) is 7.12. The van der Waals surface area contributed by atoms with Gasteiger partial charge in [0.1, 0.15) is 5.52 Å². The molecule has 2 N–H and O–H groups in total. The number of hydrogen-bond acceptors (Lipinski definition) is 7. The molecule has 0 unspecified atom stereocenters. The third kappa shape index (κ3) is 3.16. The molecule has 0 bridgehead atoms. The van der Waals surface area contributed by atoms with E-state index in [1.165, 1.54) is 12.8 Å². The lowest BCUT2D eigenvalue weighted by Crippen LogP contribution is -2.35. The molecular formula is C20H22N8. The predicted octanol–water partition coefficient (Wildman–Crippen LogP) is 2.68. The summed E-state index contributed by atoms with van der Waals surface area (Å²) in [6.07, 6.45) is 13.6. The van der Waals surface area contributed by atoms with E-state index in [1.54, 1.807) is 12.4 Å². The number of anilines is 1. The standard InChI is InChI=1S/C20H22N8/c1-21-14-2-4-15(5-3-14)26-20-25-12-18-16(6-9-28(18)27-20)13-10-17-19(24-11-13)23-8-7-22-17/h6-12,14-15,21H,2-5H2,1H3,(H,26,27)/t14-,15-. The van der Waals surface area contributed by atoms with Crippen LogP contribution in [0.5, 0.6) is 0 Å². The average molecular weight is 374 g/mol. The second-order valence-corrected chi connectivity index (χ2v) is 7.25. The van der Waals surface area contributed by atoms with Crippen LogP contribution in [0.15, 0.2) is 43.1 Å². The molecule has 1 aliphatic carbocycles. The summed E-state index contributed by atoms with van der Waals surface area (Å²) >= 11 is 0. The molecule has 142 valence electrons. The molecule has 0 aliphatic heterocycles.